The van der Waals surface area contributed by atoms with Gasteiger partial charge in [0.05, 0.1) is 10.4 Å². The number of aryl methyl sites for hydroxylation is 1. The zero-order valence-electron chi connectivity index (χ0n) is 7.54. The number of halogens is 1. The van der Waals surface area contributed by atoms with Crippen molar-refractivity contribution in [2.75, 3.05) is 0 Å². The molecule has 3 heteroatoms. The van der Waals surface area contributed by atoms with Gasteiger partial charge in [0.25, 0.3) is 0 Å². The zero-order chi connectivity index (χ0) is 10.0. The van der Waals surface area contributed by atoms with Crippen molar-refractivity contribution in [3.63, 3.8) is 0 Å². The SMILES string of the molecule is Cc1cccc(O)c1C(=O)C(C)Br. The molecule has 0 aromatic heterocycles. The maximum absolute atomic E-state index is 11.6. The van der Waals surface area contributed by atoms with E-state index in [4.69, 9.17) is 0 Å². The number of benzene rings is 1. The molecule has 0 radical (unpaired) electrons. The molecule has 1 atom stereocenters. The lowest BCUT2D eigenvalue weighted by molar-refractivity contribution is 0.0992. The van der Waals surface area contributed by atoms with Gasteiger partial charge in [0.15, 0.2) is 5.78 Å². The summed E-state index contributed by atoms with van der Waals surface area (Å²) in [7, 11) is 0. The lowest BCUT2D eigenvalue weighted by Crippen LogP contribution is -2.11. The van der Waals surface area contributed by atoms with E-state index >= 15 is 0 Å². The monoisotopic (exact) mass is 242 g/mol. The van der Waals surface area contributed by atoms with Gasteiger partial charge in [-0.15, -0.1) is 0 Å². The topological polar surface area (TPSA) is 37.3 Å². The summed E-state index contributed by atoms with van der Waals surface area (Å²) in [5.74, 6) is -0.0353. The number of hydrogen-bond acceptors (Lipinski definition) is 2. The summed E-state index contributed by atoms with van der Waals surface area (Å²) in [6.07, 6.45) is 0. The molecular weight excluding hydrogens is 232 g/mol. The highest BCUT2D eigenvalue weighted by atomic mass is 79.9. The molecule has 0 aliphatic carbocycles. The first-order valence-electron chi connectivity index (χ1n) is 4.01. The molecule has 1 aromatic rings. The molecule has 0 aliphatic rings. The molecule has 2 nitrogen and oxygen atoms in total. The van der Waals surface area contributed by atoms with Gasteiger partial charge >= 0.3 is 0 Å². The third kappa shape index (κ3) is 2.10. The van der Waals surface area contributed by atoms with Crippen LogP contribution < -0.4 is 0 Å². The summed E-state index contributed by atoms with van der Waals surface area (Å²) in [6.45, 7) is 3.55. The molecule has 0 aliphatic heterocycles. The van der Waals surface area contributed by atoms with Gasteiger partial charge in [-0.1, -0.05) is 28.1 Å². The average Bonchev–Trinajstić information content (AvgIpc) is 2.03. The maximum atomic E-state index is 11.6. The minimum atomic E-state index is -0.264. The van der Waals surface area contributed by atoms with Crippen LogP contribution in [0.3, 0.4) is 0 Å². The third-order valence-electron chi connectivity index (χ3n) is 1.86. The number of hydrogen-bond donors (Lipinski definition) is 1. The summed E-state index contributed by atoms with van der Waals surface area (Å²) in [4.78, 5) is 11.3. The minimum Gasteiger partial charge on any atom is -0.507 e. The van der Waals surface area contributed by atoms with Gasteiger partial charge in [-0.05, 0) is 25.5 Å². The van der Waals surface area contributed by atoms with Gasteiger partial charge in [0.1, 0.15) is 5.75 Å². The Balaban J connectivity index is 3.20. The number of carbonyl (C=O) groups excluding carboxylic acids is 1. The van der Waals surface area contributed by atoms with Crippen molar-refractivity contribution in [1.29, 1.82) is 0 Å². The number of carbonyl (C=O) groups is 1. The fourth-order valence-corrected chi connectivity index (χ4v) is 1.40. The lowest BCUT2D eigenvalue weighted by Gasteiger charge is -2.08. The Hall–Kier alpha value is -0.830. The van der Waals surface area contributed by atoms with Crippen LogP contribution in [-0.4, -0.2) is 15.7 Å². The van der Waals surface area contributed by atoms with E-state index in [0.29, 0.717) is 5.56 Å². The van der Waals surface area contributed by atoms with E-state index in [-0.39, 0.29) is 16.4 Å². The third-order valence-corrected chi connectivity index (χ3v) is 2.27. The lowest BCUT2D eigenvalue weighted by atomic mass is 10.0. The number of ketones is 1. The van der Waals surface area contributed by atoms with E-state index in [9.17, 15) is 9.90 Å². The van der Waals surface area contributed by atoms with Gasteiger partial charge in [-0.3, -0.25) is 4.79 Å². The average molecular weight is 243 g/mol. The number of rotatable bonds is 2. The first-order valence-corrected chi connectivity index (χ1v) is 4.92. The second kappa shape index (κ2) is 3.92. The van der Waals surface area contributed by atoms with Crippen LogP contribution in [-0.2, 0) is 0 Å². The molecule has 13 heavy (non-hydrogen) atoms. The number of phenols is 1. The minimum absolute atomic E-state index is 0.0521. The van der Waals surface area contributed by atoms with Crippen molar-refractivity contribution < 1.29 is 9.90 Å². The molecule has 70 valence electrons. The highest BCUT2D eigenvalue weighted by Gasteiger charge is 2.17. The van der Waals surface area contributed by atoms with Crippen molar-refractivity contribution in [2.45, 2.75) is 18.7 Å². The molecule has 1 aromatic carbocycles. The molecule has 0 heterocycles. The second-order valence-corrected chi connectivity index (χ2v) is 4.32. The first-order chi connectivity index (χ1) is 6.04. The quantitative estimate of drug-likeness (QED) is 0.640. The molecule has 0 spiro atoms. The number of phenolic OH excluding ortho intramolecular Hbond substituents is 1. The summed E-state index contributed by atoms with van der Waals surface area (Å²) in [6, 6.07) is 5.05. The second-order valence-electron chi connectivity index (χ2n) is 2.95. The Morgan fingerprint density at radius 2 is 2.15 bits per heavy atom. The summed E-state index contributed by atoms with van der Waals surface area (Å²) in [5.41, 5.74) is 1.21. The largest absolute Gasteiger partial charge is 0.507 e. The van der Waals surface area contributed by atoms with Crippen LogP contribution >= 0.6 is 15.9 Å². The van der Waals surface area contributed by atoms with E-state index in [1.165, 1.54) is 6.07 Å². The highest BCUT2D eigenvalue weighted by molar-refractivity contribution is 9.10. The van der Waals surface area contributed by atoms with Crippen molar-refractivity contribution in [3.05, 3.63) is 29.3 Å². The molecular formula is C10H11BrO2. The Bertz CT molecular complexity index is 311. The van der Waals surface area contributed by atoms with E-state index in [1.807, 2.05) is 13.0 Å². The molecule has 0 saturated heterocycles. The van der Waals surface area contributed by atoms with Crippen molar-refractivity contribution >= 4 is 21.7 Å². The van der Waals surface area contributed by atoms with Crippen LogP contribution in [0, 0.1) is 6.92 Å². The van der Waals surface area contributed by atoms with Gasteiger partial charge in [-0.2, -0.15) is 0 Å². The number of aromatic hydroxyl groups is 1. The molecule has 1 rings (SSSR count). The zero-order valence-corrected chi connectivity index (χ0v) is 9.13. The van der Waals surface area contributed by atoms with Gasteiger partial charge in [0.2, 0.25) is 0 Å². The van der Waals surface area contributed by atoms with Crippen molar-refractivity contribution in [3.8, 4) is 5.75 Å². The standard InChI is InChI=1S/C10H11BrO2/c1-6-4-3-5-8(12)9(6)10(13)7(2)11/h3-5,7,12H,1-2H3. The fourth-order valence-electron chi connectivity index (χ4n) is 1.17. The molecule has 0 fully saturated rings. The smallest absolute Gasteiger partial charge is 0.180 e. The van der Waals surface area contributed by atoms with Crippen LogP contribution in [0.4, 0.5) is 0 Å². The Morgan fingerprint density at radius 3 is 2.62 bits per heavy atom. The van der Waals surface area contributed by atoms with Gasteiger partial charge in [-0.25, -0.2) is 0 Å². The van der Waals surface area contributed by atoms with E-state index in [0.717, 1.165) is 5.56 Å². The maximum Gasteiger partial charge on any atom is 0.180 e. The van der Waals surface area contributed by atoms with Crippen LogP contribution in [0.25, 0.3) is 0 Å². The van der Waals surface area contributed by atoms with Crippen LogP contribution in [0.2, 0.25) is 0 Å². The Labute approximate surface area is 85.7 Å². The molecule has 1 unspecified atom stereocenters. The fraction of sp³-hybridized carbons (Fsp3) is 0.300. The van der Waals surface area contributed by atoms with Crippen molar-refractivity contribution in [1.82, 2.24) is 0 Å². The number of Topliss-reactive ketones (excluding diaryl/α,β-unsaturated/α-hetero) is 1. The molecule has 0 bridgehead atoms. The summed E-state index contributed by atoms with van der Waals surface area (Å²) in [5, 5.41) is 9.47. The highest BCUT2D eigenvalue weighted by Crippen LogP contribution is 2.23. The van der Waals surface area contributed by atoms with Gasteiger partial charge in [0, 0.05) is 0 Å². The predicted molar refractivity (Wildman–Crippen MR) is 55.6 cm³/mol. The Morgan fingerprint density at radius 1 is 1.54 bits per heavy atom. The van der Waals surface area contributed by atoms with E-state index in [2.05, 4.69) is 15.9 Å². The molecule has 0 amide bonds. The van der Waals surface area contributed by atoms with Crippen LogP contribution in [0.5, 0.6) is 5.75 Å². The summed E-state index contributed by atoms with van der Waals surface area (Å²) < 4.78 is 0. The predicted octanol–water partition coefficient (Wildman–Crippen LogP) is 2.67. The van der Waals surface area contributed by atoms with Crippen LogP contribution in [0.1, 0.15) is 22.8 Å². The van der Waals surface area contributed by atoms with Crippen LogP contribution in [0.15, 0.2) is 18.2 Å². The Kier molecular flexibility index (Phi) is 3.09. The normalized spacial score (nSPS) is 12.5. The molecule has 1 N–H and O–H groups in total. The molecule has 0 saturated carbocycles. The van der Waals surface area contributed by atoms with Gasteiger partial charge < -0.3 is 5.11 Å². The first kappa shape index (κ1) is 10.3. The summed E-state index contributed by atoms with van der Waals surface area (Å²) >= 11 is 3.18. The number of alkyl halides is 1. The van der Waals surface area contributed by atoms with Crippen molar-refractivity contribution in [2.24, 2.45) is 0 Å². The van der Waals surface area contributed by atoms with E-state index in [1.54, 1.807) is 13.0 Å². The van der Waals surface area contributed by atoms with E-state index < -0.39 is 0 Å².